The van der Waals surface area contributed by atoms with Crippen LogP contribution >= 0.6 is 0 Å². The second-order valence-corrected chi connectivity index (χ2v) is 7.38. The molecule has 0 amide bonds. The van der Waals surface area contributed by atoms with Crippen molar-refractivity contribution in [3.63, 3.8) is 0 Å². The maximum absolute atomic E-state index is 10.7. The van der Waals surface area contributed by atoms with Crippen LogP contribution in [0.3, 0.4) is 0 Å². The number of aliphatic hydroxyl groups excluding tert-OH is 2. The van der Waals surface area contributed by atoms with Crippen molar-refractivity contribution >= 4 is 21.8 Å². The molecule has 6 nitrogen and oxygen atoms in total. The van der Waals surface area contributed by atoms with Crippen molar-refractivity contribution < 1.29 is 14.9 Å². The second kappa shape index (κ2) is 6.58. The number of aryl methyl sites for hydroxylation is 1. The minimum atomic E-state index is -0.987. The highest BCUT2D eigenvalue weighted by Crippen LogP contribution is 2.37. The molecule has 3 heterocycles. The molecule has 0 unspecified atom stereocenters. The van der Waals surface area contributed by atoms with Gasteiger partial charge in [-0.3, -0.25) is 4.98 Å². The largest absolute Gasteiger partial charge is 0.487 e. The summed E-state index contributed by atoms with van der Waals surface area (Å²) in [4.78, 5) is 8.65. The summed E-state index contributed by atoms with van der Waals surface area (Å²) in [6, 6.07) is 11.4. The lowest BCUT2D eigenvalue weighted by Gasteiger charge is -2.19. The zero-order valence-corrected chi connectivity index (χ0v) is 15.4. The summed E-state index contributed by atoms with van der Waals surface area (Å²) >= 11 is 0. The number of aliphatic hydroxyl groups is 2. The molecule has 1 aliphatic carbocycles. The van der Waals surface area contributed by atoms with Crippen LogP contribution in [0.5, 0.6) is 5.75 Å². The number of hydrogen-bond acceptors (Lipinski definition) is 5. The van der Waals surface area contributed by atoms with E-state index in [9.17, 15) is 10.2 Å². The first kappa shape index (κ1) is 17.2. The van der Waals surface area contributed by atoms with Gasteiger partial charge in [0.1, 0.15) is 29.7 Å². The fraction of sp³-hybridized carbons (Fsp3) is 0.273. The lowest BCUT2D eigenvalue weighted by atomic mass is 10.1. The van der Waals surface area contributed by atoms with E-state index in [4.69, 9.17) is 4.74 Å². The molecule has 1 fully saturated rings. The Labute approximate surface area is 162 Å². The van der Waals surface area contributed by atoms with E-state index >= 15 is 0 Å². The van der Waals surface area contributed by atoms with Crippen molar-refractivity contribution in [2.45, 2.75) is 37.7 Å². The lowest BCUT2D eigenvalue weighted by molar-refractivity contribution is -0.0160. The van der Waals surface area contributed by atoms with E-state index in [-0.39, 0.29) is 6.04 Å². The van der Waals surface area contributed by atoms with Crippen molar-refractivity contribution in [3.8, 4) is 5.75 Å². The fourth-order valence-electron chi connectivity index (χ4n) is 4.17. The zero-order chi connectivity index (χ0) is 19.3. The average Bonchev–Trinajstić information content (AvgIpc) is 3.26. The normalized spacial score (nSPS) is 24.8. The molecule has 4 atom stereocenters. The molecule has 28 heavy (non-hydrogen) atoms. The third kappa shape index (κ3) is 2.65. The fourth-order valence-corrected chi connectivity index (χ4v) is 4.17. The molecule has 0 aliphatic heterocycles. The number of rotatable bonds is 3. The van der Waals surface area contributed by atoms with Crippen LogP contribution in [0.2, 0.25) is 0 Å². The third-order valence-corrected chi connectivity index (χ3v) is 5.71. The number of aromatic nitrogens is 3. The first-order valence-electron chi connectivity index (χ1n) is 9.41. The number of fused-ring (bicyclic) bond motifs is 2. The summed E-state index contributed by atoms with van der Waals surface area (Å²) < 4.78 is 8.10. The van der Waals surface area contributed by atoms with E-state index in [0.29, 0.717) is 12.2 Å². The van der Waals surface area contributed by atoms with Gasteiger partial charge in [-0.05, 0) is 42.1 Å². The molecular weight excluding hydrogens is 354 g/mol. The Morgan fingerprint density at radius 1 is 1.04 bits per heavy atom. The van der Waals surface area contributed by atoms with Gasteiger partial charge in [-0.1, -0.05) is 12.1 Å². The molecule has 0 saturated heterocycles. The van der Waals surface area contributed by atoms with E-state index in [1.807, 2.05) is 54.1 Å². The minimum absolute atomic E-state index is 0.306. The SMILES string of the molecule is Cc1ccnc2c1ccn2[C@@H]1C[C@H](Oc2cccc3ccncc23)[C@@H](O)[C@H]1O. The highest BCUT2D eigenvalue weighted by Gasteiger charge is 2.44. The molecule has 0 radical (unpaired) electrons. The first-order valence-corrected chi connectivity index (χ1v) is 9.41. The van der Waals surface area contributed by atoms with Crippen LogP contribution in [0.4, 0.5) is 0 Å². The third-order valence-electron chi connectivity index (χ3n) is 5.71. The van der Waals surface area contributed by atoms with Gasteiger partial charge in [0.25, 0.3) is 0 Å². The number of ether oxygens (including phenoxy) is 1. The molecule has 1 aromatic carbocycles. The topological polar surface area (TPSA) is 80.4 Å². The van der Waals surface area contributed by atoms with Gasteiger partial charge in [-0.15, -0.1) is 0 Å². The Balaban J connectivity index is 1.47. The highest BCUT2D eigenvalue weighted by molar-refractivity contribution is 5.87. The Bertz CT molecular complexity index is 1150. The molecule has 1 saturated carbocycles. The zero-order valence-electron chi connectivity index (χ0n) is 15.4. The molecular formula is C22H21N3O3. The summed E-state index contributed by atoms with van der Waals surface area (Å²) in [7, 11) is 0. The van der Waals surface area contributed by atoms with Crippen LogP contribution in [0.15, 0.2) is 61.2 Å². The van der Waals surface area contributed by atoms with Crippen LogP contribution in [0.1, 0.15) is 18.0 Å². The number of pyridine rings is 2. The second-order valence-electron chi connectivity index (χ2n) is 7.38. The van der Waals surface area contributed by atoms with E-state index in [1.54, 1.807) is 18.6 Å². The Hall–Kier alpha value is -2.96. The van der Waals surface area contributed by atoms with E-state index in [0.717, 1.165) is 27.4 Å². The highest BCUT2D eigenvalue weighted by atomic mass is 16.5. The van der Waals surface area contributed by atoms with E-state index in [1.165, 1.54) is 0 Å². The summed E-state index contributed by atoms with van der Waals surface area (Å²) in [6.45, 7) is 2.04. The van der Waals surface area contributed by atoms with Crippen LogP contribution in [0.25, 0.3) is 21.8 Å². The molecule has 0 bridgehead atoms. The van der Waals surface area contributed by atoms with Gasteiger partial charge in [-0.25, -0.2) is 4.98 Å². The van der Waals surface area contributed by atoms with Gasteiger partial charge in [-0.2, -0.15) is 0 Å². The summed E-state index contributed by atoms with van der Waals surface area (Å²) in [5, 5.41) is 24.4. The van der Waals surface area contributed by atoms with Gasteiger partial charge in [0.15, 0.2) is 0 Å². The molecule has 0 spiro atoms. The minimum Gasteiger partial charge on any atom is -0.487 e. The molecule has 2 N–H and O–H groups in total. The lowest BCUT2D eigenvalue weighted by Crippen LogP contribution is -2.34. The molecule has 6 heteroatoms. The van der Waals surface area contributed by atoms with E-state index in [2.05, 4.69) is 9.97 Å². The van der Waals surface area contributed by atoms with Gasteiger partial charge in [0.05, 0.1) is 6.04 Å². The van der Waals surface area contributed by atoms with Crippen molar-refractivity contribution in [2.24, 2.45) is 0 Å². The van der Waals surface area contributed by atoms with Crippen molar-refractivity contribution in [1.29, 1.82) is 0 Å². The quantitative estimate of drug-likeness (QED) is 0.575. The van der Waals surface area contributed by atoms with Crippen LogP contribution in [-0.4, -0.2) is 43.1 Å². The van der Waals surface area contributed by atoms with Crippen molar-refractivity contribution in [1.82, 2.24) is 14.5 Å². The number of hydrogen-bond donors (Lipinski definition) is 2. The number of benzene rings is 1. The maximum Gasteiger partial charge on any atom is 0.140 e. The van der Waals surface area contributed by atoms with Crippen molar-refractivity contribution in [3.05, 3.63) is 66.7 Å². The summed E-state index contributed by atoms with van der Waals surface area (Å²) in [5.41, 5.74) is 1.94. The maximum atomic E-state index is 10.7. The number of nitrogens with zero attached hydrogens (tertiary/aromatic N) is 3. The summed E-state index contributed by atoms with van der Waals surface area (Å²) in [5.74, 6) is 0.661. The van der Waals surface area contributed by atoms with E-state index < -0.39 is 18.3 Å². The average molecular weight is 375 g/mol. The Morgan fingerprint density at radius 2 is 1.93 bits per heavy atom. The van der Waals surface area contributed by atoms with Crippen LogP contribution < -0.4 is 4.74 Å². The molecule has 1 aliphatic rings. The molecule has 142 valence electrons. The summed E-state index contributed by atoms with van der Waals surface area (Å²) in [6.07, 6.45) is 5.23. The molecule has 3 aromatic heterocycles. The monoisotopic (exact) mass is 375 g/mol. The first-order chi connectivity index (χ1) is 13.6. The van der Waals surface area contributed by atoms with Gasteiger partial charge in [0.2, 0.25) is 0 Å². The smallest absolute Gasteiger partial charge is 0.140 e. The van der Waals surface area contributed by atoms with Crippen LogP contribution in [0, 0.1) is 6.92 Å². The van der Waals surface area contributed by atoms with Gasteiger partial charge in [0, 0.05) is 42.0 Å². The molecule has 5 rings (SSSR count). The van der Waals surface area contributed by atoms with Crippen molar-refractivity contribution in [2.75, 3.05) is 0 Å². The predicted molar refractivity (Wildman–Crippen MR) is 106 cm³/mol. The van der Waals surface area contributed by atoms with Crippen LogP contribution in [-0.2, 0) is 0 Å². The Morgan fingerprint density at radius 3 is 2.82 bits per heavy atom. The molecule has 4 aromatic rings. The Kier molecular flexibility index (Phi) is 4.03. The standard InChI is InChI=1S/C22H21N3O3/c1-13-5-9-24-22-15(13)7-10-25(22)17-11-19(21(27)20(17)26)28-18-4-2-3-14-6-8-23-12-16(14)18/h2-10,12,17,19-21,26-27H,11H2,1H3/t17-,19+,20+,21-/m1/s1. The van der Waals surface area contributed by atoms with Gasteiger partial charge >= 0.3 is 0 Å². The predicted octanol–water partition coefficient (Wildman–Crippen LogP) is 3.01. The van der Waals surface area contributed by atoms with Gasteiger partial charge < -0.3 is 19.5 Å².